The lowest BCUT2D eigenvalue weighted by molar-refractivity contribution is 0.0531. The van der Waals surface area contributed by atoms with Crippen LogP contribution in [0.5, 0.6) is 0 Å². The van der Waals surface area contributed by atoms with Crippen molar-refractivity contribution in [3.63, 3.8) is 0 Å². The van der Waals surface area contributed by atoms with Crippen LogP contribution in [-0.2, 0) is 10.5 Å². The average Bonchev–Trinajstić information content (AvgIpc) is 3.19. The fraction of sp³-hybridized carbons (Fsp3) is 0.429. The Morgan fingerprint density at radius 2 is 2.39 bits per heavy atom. The fourth-order valence-electron chi connectivity index (χ4n) is 2.11. The van der Waals surface area contributed by atoms with Gasteiger partial charge in [0.2, 0.25) is 5.16 Å². The number of esters is 1. The van der Waals surface area contributed by atoms with Gasteiger partial charge < -0.3 is 10.5 Å². The molecule has 0 radical (unpaired) electrons. The molecule has 2 heterocycles. The normalized spacial score (nSPS) is 13.7. The summed E-state index contributed by atoms with van der Waals surface area (Å²) in [4.78, 5) is 16.8. The van der Waals surface area contributed by atoms with Crippen LogP contribution in [0.4, 0.5) is 5.00 Å². The first-order valence-corrected chi connectivity index (χ1v) is 8.97. The Bertz CT molecular complexity index is 773. The average molecular weight is 349 g/mol. The topological polar surface area (TPSA) is 118 Å². The molecule has 3 rings (SSSR count). The van der Waals surface area contributed by atoms with Crippen LogP contribution in [0.25, 0.3) is 0 Å². The van der Waals surface area contributed by atoms with Crippen molar-refractivity contribution in [3.05, 3.63) is 21.8 Å². The summed E-state index contributed by atoms with van der Waals surface area (Å²) in [6, 6.07) is 2.07. The Morgan fingerprint density at radius 1 is 1.61 bits per heavy atom. The third-order valence-corrected chi connectivity index (χ3v) is 5.31. The number of carbonyl (C=O) groups excluding carboxylic acids is 1. The second-order valence-electron chi connectivity index (χ2n) is 5.05. The second-order valence-corrected chi connectivity index (χ2v) is 7.04. The van der Waals surface area contributed by atoms with Gasteiger partial charge >= 0.3 is 5.97 Å². The number of hydrogen-bond donors (Lipinski definition) is 2. The number of nitriles is 1. The lowest BCUT2D eigenvalue weighted by Crippen LogP contribution is -2.05. The van der Waals surface area contributed by atoms with E-state index in [-0.39, 0.29) is 6.61 Å². The lowest BCUT2D eigenvalue weighted by atomic mass is 10.2. The van der Waals surface area contributed by atoms with Gasteiger partial charge in [-0.1, -0.05) is 11.8 Å². The van der Waals surface area contributed by atoms with Gasteiger partial charge in [-0.15, -0.1) is 16.4 Å². The molecule has 0 atom stereocenters. The number of carbonyl (C=O) groups is 1. The molecule has 0 aliphatic heterocycles. The molecule has 120 valence electrons. The monoisotopic (exact) mass is 349 g/mol. The zero-order chi connectivity index (χ0) is 16.4. The molecule has 1 aliphatic carbocycles. The number of nitrogens with zero attached hydrogens (tertiary/aromatic N) is 3. The second kappa shape index (κ2) is 6.60. The molecule has 3 N–H and O–H groups in total. The van der Waals surface area contributed by atoms with E-state index in [9.17, 15) is 10.1 Å². The molecular formula is C14H15N5O2S2. The van der Waals surface area contributed by atoms with E-state index in [0.717, 1.165) is 30.0 Å². The van der Waals surface area contributed by atoms with Gasteiger partial charge in [0.1, 0.15) is 21.8 Å². The first-order valence-electron chi connectivity index (χ1n) is 7.17. The number of hydrogen-bond acceptors (Lipinski definition) is 8. The SMILES string of the molecule is CCOC(=O)c1sc(N)c(C#N)c1CSc1n[nH]c(C2CC2)n1. The summed E-state index contributed by atoms with van der Waals surface area (Å²) in [5.41, 5.74) is 6.78. The van der Waals surface area contributed by atoms with Gasteiger partial charge in [-0.2, -0.15) is 5.26 Å². The van der Waals surface area contributed by atoms with E-state index in [1.807, 2.05) is 0 Å². The highest BCUT2D eigenvalue weighted by Gasteiger charge is 2.28. The molecule has 1 fully saturated rings. The fourth-order valence-corrected chi connectivity index (χ4v) is 3.96. The molecule has 0 bridgehead atoms. The van der Waals surface area contributed by atoms with Crippen LogP contribution in [0.15, 0.2) is 5.16 Å². The third-order valence-electron chi connectivity index (χ3n) is 3.40. The number of nitrogens with two attached hydrogens (primary N) is 1. The van der Waals surface area contributed by atoms with Crippen molar-refractivity contribution in [1.29, 1.82) is 5.26 Å². The number of thioether (sulfide) groups is 1. The smallest absolute Gasteiger partial charge is 0.348 e. The Labute approximate surface area is 141 Å². The van der Waals surface area contributed by atoms with E-state index in [1.54, 1.807) is 6.92 Å². The van der Waals surface area contributed by atoms with Gasteiger partial charge in [0, 0.05) is 17.2 Å². The molecule has 0 amide bonds. The van der Waals surface area contributed by atoms with Gasteiger partial charge in [0.05, 0.1) is 12.2 Å². The molecular weight excluding hydrogens is 334 g/mol. The summed E-state index contributed by atoms with van der Waals surface area (Å²) in [7, 11) is 0. The number of ether oxygens (including phenoxy) is 1. The highest BCUT2D eigenvalue weighted by atomic mass is 32.2. The van der Waals surface area contributed by atoms with E-state index >= 15 is 0 Å². The Kier molecular flexibility index (Phi) is 4.54. The summed E-state index contributed by atoms with van der Waals surface area (Å²) in [6.07, 6.45) is 2.29. The quantitative estimate of drug-likeness (QED) is 0.608. The molecule has 0 saturated heterocycles. The maximum Gasteiger partial charge on any atom is 0.348 e. The molecule has 7 nitrogen and oxygen atoms in total. The number of nitrogen functional groups attached to an aromatic ring is 1. The van der Waals surface area contributed by atoms with Crippen molar-refractivity contribution in [2.24, 2.45) is 0 Å². The van der Waals surface area contributed by atoms with Crippen molar-refractivity contribution < 1.29 is 9.53 Å². The number of anilines is 1. The van der Waals surface area contributed by atoms with Crippen LogP contribution in [0.1, 0.15) is 52.3 Å². The molecule has 1 saturated carbocycles. The van der Waals surface area contributed by atoms with Gasteiger partial charge in [-0.05, 0) is 19.8 Å². The molecule has 1 aliphatic rings. The van der Waals surface area contributed by atoms with Crippen LogP contribution < -0.4 is 5.73 Å². The largest absolute Gasteiger partial charge is 0.462 e. The van der Waals surface area contributed by atoms with Crippen molar-refractivity contribution >= 4 is 34.1 Å². The molecule has 0 spiro atoms. The number of rotatable bonds is 6. The maximum atomic E-state index is 12.0. The van der Waals surface area contributed by atoms with Crippen molar-refractivity contribution in [1.82, 2.24) is 15.2 Å². The Balaban J connectivity index is 1.79. The summed E-state index contributed by atoms with van der Waals surface area (Å²) in [5.74, 6) is 1.35. The van der Waals surface area contributed by atoms with Crippen LogP contribution >= 0.6 is 23.1 Å². The highest BCUT2D eigenvalue weighted by Crippen LogP contribution is 2.39. The lowest BCUT2D eigenvalue weighted by Gasteiger charge is -2.03. The van der Waals surface area contributed by atoms with Crippen LogP contribution in [0.2, 0.25) is 0 Å². The van der Waals surface area contributed by atoms with E-state index < -0.39 is 5.97 Å². The first-order chi connectivity index (χ1) is 11.1. The Hall–Kier alpha value is -2.05. The van der Waals surface area contributed by atoms with Gasteiger partial charge in [0.15, 0.2) is 0 Å². The van der Waals surface area contributed by atoms with Crippen LogP contribution in [0, 0.1) is 11.3 Å². The van der Waals surface area contributed by atoms with E-state index in [1.165, 1.54) is 11.8 Å². The van der Waals surface area contributed by atoms with Crippen molar-refractivity contribution in [3.8, 4) is 6.07 Å². The van der Waals surface area contributed by atoms with Crippen molar-refractivity contribution in [2.45, 2.75) is 36.6 Å². The summed E-state index contributed by atoms with van der Waals surface area (Å²) in [6.45, 7) is 2.01. The summed E-state index contributed by atoms with van der Waals surface area (Å²) in [5, 5.41) is 17.3. The van der Waals surface area contributed by atoms with E-state index in [4.69, 9.17) is 10.5 Å². The summed E-state index contributed by atoms with van der Waals surface area (Å²) < 4.78 is 5.04. The molecule has 2 aromatic heterocycles. The minimum absolute atomic E-state index is 0.275. The molecule has 9 heteroatoms. The number of H-pyrrole nitrogens is 1. The number of thiophene rings is 1. The van der Waals surface area contributed by atoms with Gasteiger partial charge in [-0.3, -0.25) is 5.10 Å². The zero-order valence-electron chi connectivity index (χ0n) is 12.5. The first kappa shape index (κ1) is 15.8. The highest BCUT2D eigenvalue weighted by molar-refractivity contribution is 7.98. The molecule has 0 unspecified atom stereocenters. The van der Waals surface area contributed by atoms with Crippen LogP contribution in [-0.4, -0.2) is 27.8 Å². The maximum absolute atomic E-state index is 12.0. The number of aromatic amines is 1. The molecule has 2 aromatic rings. The standard InChI is InChI=1S/C14H15N5O2S2/c1-2-21-13(20)10-9(8(5-15)11(16)23-10)6-22-14-17-12(18-19-14)7-3-4-7/h7H,2-4,6,16H2,1H3,(H,17,18,19). The number of nitrogens with one attached hydrogen (secondary N) is 1. The zero-order valence-corrected chi connectivity index (χ0v) is 14.1. The van der Waals surface area contributed by atoms with Gasteiger partial charge in [-0.25, -0.2) is 9.78 Å². The minimum Gasteiger partial charge on any atom is -0.462 e. The van der Waals surface area contributed by atoms with E-state index in [0.29, 0.717) is 37.8 Å². The van der Waals surface area contributed by atoms with Gasteiger partial charge in [0.25, 0.3) is 0 Å². The van der Waals surface area contributed by atoms with E-state index in [2.05, 4.69) is 21.3 Å². The predicted octanol–water partition coefficient (Wildman–Crippen LogP) is 2.67. The minimum atomic E-state index is -0.449. The predicted molar refractivity (Wildman–Crippen MR) is 87.3 cm³/mol. The Morgan fingerprint density at radius 3 is 3.04 bits per heavy atom. The number of aromatic nitrogens is 3. The summed E-state index contributed by atoms with van der Waals surface area (Å²) >= 11 is 2.46. The molecule has 0 aromatic carbocycles. The van der Waals surface area contributed by atoms with Crippen molar-refractivity contribution in [2.75, 3.05) is 12.3 Å². The third kappa shape index (κ3) is 3.33. The van der Waals surface area contributed by atoms with Crippen LogP contribution in [0.3, 0.4) is 0 Å². The molecule has 23 heavy (non-hydrogen) atoms.